The highest BCUT2D eigenvalue weighted by Gasteiger charge is 2.11. The number of hydrogen-bond acceptors (Lipinski definition) is 4. The molecule has 3 N–H and O–H groups in total. The zero-order valence-corrected chi connectivity index (χ0v) is 13.5. The van der Waals surface area contributed by atoms with Gasteiger partial charge in [-0.25, -0.2) is 9.59 Å². The number of phenols is 1. The van der Waals surface area contributed by atoms with E-state index in [-0.39, 0.29) is 17.0 Å². The number of carboxylic acids is 1. The highest BCUT2D eigenvalue weighted by Crippen LogP contribution is 2.21. The summed E-state index contributed by atoms with van der Waals surface area (Å²) in [4.78, 5) is 22.5. The maximum Gasteiger partial charge on any atom is 0.411 e. The monoisotopic (exact) mass is 323 g/mol. The van der Waals surface area contributed by atoms with Gasteiger partial charge in [-0.2, -0.15) is 0 Å². The summed E-state index contributed by atoms with van der Waals surface area (Å²) in [6.45, 7) is 2.52. The van der Waals surface area contributed by atoms with E-state index in [1.165, 1.54) is 43.9 Å². The Kier molecular flexibility index (Phi) is 8.57. The molecule has 0 bridgehead atoms. The van der Waals surface area contributed by atoms with Gasteiger partial charge in [-0.05, 0) is 24.6 Å². The van der Waals surface area contributed by atoms with Gasteiger partial charge in [0.25, 0.3) is 0 Å². The number of unbranched alkanes of at least 4 members (excludes halogenated alkanes) is 6. The Hall–Kier alpha value is -2.24. The van der Waals surface area contributed by atoms with E-state index in [0.717, 1.165) is 19.3 Å². The van der Waals surface area contributed by atoms with E-state index in [1.807, 2.05) is 0 Å². The largest absolute Gasteiger partial charge is 0.507 e. The van der Waals surface area contributed by atoms with Gasteiger partial charge in [0, 0.05) is 5.69 Å². The summed E-state index contributed by atoms with van der Waals surface area (Å²) in [6.07, 6.45) is 7.32. The van der Waals surface area contributed by atoms with Crippen molar-refractivity contribution in [3.8, 4) is 5.75 Å². The number of carboxylic acid groups (broad SMARTS) is 1. The normalized spacial score (nSPS) is 10.3. The van der Waals surface area contributed by atoms with Crippen LogP contribution in [0.2, 0.25) is 0 Å². The van der Waals surface area contributed by atoms with E-state index >= 15 is 0 Å². The molecule has 0 aliphatic rings. The van der Waals surface area contributed by atoms with Crippen LogP contribution in [0.5, 0.6) is 5.75 Å². The van der Waals surface area contributed by atoms with Gasteiger partial charge in [0.1, 0.15) is 11.3 Å². The number of aromatic carboxylic acids is 1. The molecule has 1 aromatic carbocycles. The predicted molar refractivity (Wildman–Crippen MR) is 88.0 cm³/mol. The summed E-state index contributed by atoms with van der Waals surface area (Å²) in [6, 6.07) is 3.82. The van der Waals surface area contributed by atoms with E-state index < -0.39 is 12.1 Å². The zero-order valence-electron chi connectivity index (χ0n) is 13.5. The SMILES string of the molecule is CCCCCCCCCOC(=O)Nc1ccc(O)c(C(=O)O)c1. The predicted octanol–water partition coefficient (Wildman–Crippen LogP) is 4.39. The Morgan fingerprint density at radius 1 is 1.09 bits per heavy atom. The van der Waals surface area contributed by atoms with Crippen molar-refractivity contribution in [2.24, 2.45) is 0 Å². The van der Waals surface area contributed by atoms with Crippen LogP contribution in [0.1, 0.15) is 62.2 Å². The summed E-state index contributed by atoms with van der Waals surface area (Å²) >= 11 is 0. The first-order chi connectivity index (χ1) is 11.0. The molecular formula is C17H25NO5. The second-order valence-electron chi connectivity index (χ2n) is 5.42. The lowest BCUT2D eigenvalue weighted by Gasteiger charge is -2.08. The molecule has 0 radical (unpaired) electrons. The second-order valence-corrected chi connectivity index (χ2v) is 5.42. The first kappa shape index (κ1) is 18.8. The Labute approximate surface area is 136 Å². The van der Waals surface area contributed by atoms with Gasteiger partial charge in [-0.1, -0.05) is 45.4 Å². The Bertz CT molecular complexity index is 516. The Balaban J connectivity index is 2.24. The molecule has 0 atom stereocenters. The first-order valence-corrected chi connectivity index (χ1v) is 8.04. The highest BCUT2D eigenvalue weighted by molar-refractivity contribution is 5.93. The summed E-state index contributed by atoms with van der Waals surface area (Å²) in [5, 5.41) is 20.7. The lowest BCUT2D eigenvalue weighted by atomic mass is 10.1. The van der Waals surface area contributed by atoms with E-state index in [1.54, 1.807) is 0 Å². The Morgan fingerprint density at radius 2 is 1.74 bits per heavy atom. The number of ether oxygens (including phenoxy) is 1. The van der Waals surface area contributed by atoms with Gasteiger partial charge in [0.15, 0.2) is 0 Å². The molecule has 0 saturated heterocycles. The van der Waals surface area contributed by atoms with Crippen LogP contribution in [0.15, 0.2) is 18.2 Å². The van der Waals surface area contributed by atoms with Crippen molar-refractivity contribution in [1.82, 2.24) is 0 Å². The number of benzene rings is 1. The molecular weight excluding hydrogens is 298 g/mol. The number of amides is 1. The number of hydrogen-bond donors (Lipinski definition) is 3. The van der Waals surface area contributed by atoms with E-state index in [0.29, 0.717) is 6.61 Å². The van der Waals surface area contributed by atoms with Crippen molar-refractivity contribution in [1.29, 1.82) is 0 Å². The number of rotatable bonds is 10. The quantitative estimate of drug-likeness (QED) is 0.438. The average Bonchev–Trinajstić information content (AvgIpc) is 2.51. The highest BCUT2D eigenvalue weighted by atomic mass is 16.5. The van der Waals surface area contributed by atoms with Gasteiger partial charge < -0.3 is 14.9 Å². The molecule has 0 saturated carbocycles. The standard InChI is InChI=1S/C17H25NO5/c1-2-3-4-5-6-7-8-11-23-17(22)18-13-9-10-15(19)14(12-13)16(20)21/h9-10,12,19H,2-8,11H2,1H3,(H,18,22)(H,20,21). The van der Waals surface area contributed by atoms with E-state index in [2.05, 4.69) is 12.2 Å². The minimum Gasteiger partial charge on any atom is -0.507 e. The average molecular weight is 323 g/mol. The van der Waals surface area contributed by atoms with Crippen LogP contribution in [0.4, 0.5) is 10.5 Å². The fraction of sp³-hybridized carbons (Fsp3) is 0.529. The zero-order chi connectivity index (χ0) is 17.1. The summed E-state index contributed by atoms with van der Waals surface area (Å²) in [7, 11) is 0. The van der Waals surface area contributed by atoms with Gasteiger partial charge in [-0.3, -0.25) is 5.32 Å². The number of anilines is 1. The molecule has 6 heteroatoms. The van der Waals surface area contributed by atoms with Crippen LogP contribution in [0.25, 0.3) is 0 Å². The first-order valence-electron chi connectivity index (χ1n) is 8.04. The molecule has 1 amide bonds. The van der Waals surface area contributed by atoms with Gasteiger partial charge in [-0.15, -0.1) is 0 Å². The van der Waals surface area contributed by atoms with Crippen LogP contribution < -0.4 is 5.32 Å². The fourth-order valence-electron chi connectivity index (χ4n) is 2.16. The van der Waals surface area contributed by atoms with Crippen LogP contribution in [0.3, 0.4) is 0 Å². The molecule has 0 fully saturated rings. The third kappa shape index (κ3) is 7.54. The number of carbonyl (C=O) groups excluding carboxylic acids is 1. The molecule has 0 aromatic heterocycles. The maximum absolute atomic E-state index is 11.6. The van der Waals surface area contributed by atoms with Gasteiger partial charge in [0.2, 0.25) is 0 Å². The number of carbonyl (C=O) groups is 2. The van der Waals surface area contributed by atoms with Crippen molar-refractivity contribution in [2.75, 3.05) is 11.9 Å². The van der Waals surface area contributed by atoms with Crippen molar-refractivity contribution in [3.05, 3.63) is 23.8 Å². The van der Waals surface area contributed by atoms with Crippen LogP contribution in [-0.2, 0) is 4.74 Å². The molecule has 0 aliphatic heterocycles. The second kappa shape index (κ2) is 10.5. The van der Waals surface area contributed by atoms with Crippen molar-refractivity contribution >= 4 is 17.7 Å². The van der Waals surface area contributed by atoms with E-state index in [9.17, 15) is 14.7 Å². The topological polar surface area (TPSA) is 95.9 Å². The fourth-order valence-corrected chi connectivity index (χ4v) is 2.16. The Morgan fingerprint density at radius 3 is 2.39 bits per heavy atom. The van der Waals surface area contributed by atoms with Crippen molar-refractivity contribution in [3.63, 3.8) is 0 Å². The third-order valence-corrected chi connectivity index (χ3v) is 3.45. The van der Waals surface area contributed by atoms with Gasteiger partial charge >= 0.3 is 12.1 Å². The van der Waals surface area contributed by atoms with Crippen LogP contribution >= 0.6 is 0 Å². The molecule has 0 aliphatic carbocycles. The smallest absolute Gasteiger partial charge is 0.411 e. The molecule has 0 spiro atoms. The molecule has 0 heterocycles. The lowest BCUT2D eigenvalue weighted by Crippen LogP contribution is -2.14. The van der Waals surface area contributed by atoms with Crippen LogP contribution in [0, 0.1) is 0 Å². The molecule has 1 rings (SSSR count). The lowest BCUT2D eigenvalue weighted by molar-refractivity contribution is 0.0693. The summed E-state index contributed by atoms with van der Waals surface area (Å²) in [5.41, 5.74) is -0.000329. The number of aromatic hydroxyl groups is 1. The maximum atomic E-state index is 11.6. The van der Waals surface area contributed by atoms with Gasteiger partial charge in [0.05, 0.1) is 6.61 Å². The van der Waals surface area contributed by atoms with Crippen molar-refractivity contribution < 1.29 is 24.5 Å². The molecule has 128 valence electrons. The minimum atomic E-state index is -1.26. The van der Waals surface area contributed by atoms with Crippen molar-refractivity contribution in [2.45, 2.75) is 51.9 Å². The third-order valence-electron chi connectivity index (χ3n) is 3.45. The van der Waals surface area contributed by atoms with Crippen LogP contribution in [-0.4, -0.2) is 28.9 Å². The minimum absolute atomic E-state index is 0.268. The summed E-state index contributed by atoms with van der Waals surface area (Å²) < 4.78 is 5.04. The summed E-state index contributed by atoms with van der Waals surface area (Å²) in [5.74, 6) is -1.61. The number of nitrogens with one attached hydrogen (secondary N) is 1. The molecule has 23 heavy (non-hydrogen) atoms. The molecule has 6 nitrogen and oxygen atoms in total. The molecule has 1 aromatic rings. The van der Waals surface area contributed by atoms with E-state index in [4.69, 9.17) is 9.84 Å². The molecule has 0 unspecified atom stereocenters.